The van der Waals surface area contributed by atoms with Crippen LogP contribution in [0.4, 0.5) is 17.1 Å². The van der Waals surface area contributed by atoms with Crippen molar-refractivity contribution in [2.75, 3.05) is 4.90 Å². The predicted octanol–water partition coefficient (Wildman–Crippen LogP) is 14.6. The molecule has 0 spiro atoms. The Labute approximate surface area is 305 Å². The number of benzene rings is 9. The highest BCUT2D eigenvalue weighted by molar-refractivity contribution is 6.17. The first-order chi connectivity index (χ1) is 26.3. The van der Waals surface area contributed by atoms with E-state index in [1.807, 2.05) is 0 Å². The summed E-state index contributed by atoms with van der Waals surface area (Å²) in [4.78, 5) is 2.34. The second kappa shape index (κ2) is 11.7. The van der Waals surface area contributed by atoms with Crippen LogP contribution < -0.4 is 4.90 Å². The van der Waals surface area contributed by atoms with Crippen LogP contribution in [-0.4, -0.2) is 0 Å². The van der Waals surface area contributed by atoms with E-state index >= 15 is 0 Å². The number of fused-ring (bicyclic) bond motifs is 9. The molecule has 9 aromatic carbocycles. The smallest absolute Gasteiger partial charge is 0.143 e. The summed E-state index contributed by atoms with van der Waals surface area (Å²) >= 11 is 0. The number of furan rings is 2. The SMILES string of the molecule is c1ccc(-c2ccc3oc4cccc(N(c5ccc(-c6cccc7ccccc67)cc5)c5ccc6c(c5)oc5c7ccccc7ccc65)c4c3c2)cc1. The van der Waals surface area contributed by atoms with Gasteiger partial charge in [-0.2, -0.15) is 0 Å². The van der Waals surface area contributed by atoms with E-state index < -0.39 is 0 Å². The molecule has 0 fully saturated rings. The molecule has 0 radical (unpaired) electrons. The molecular formula is C50H31NO2. The average molecular weight is 678 g/mol. The standard InChI is InChI=1S/C50H31NO2/c1-2-10-32(11-3-1)36-23-29-46-44(30-36)49-45(18-9-19-47(49)52-46)51(37-24-20-35(21-25-37)40-17-8-14-33-12-4-6-15-39(33)40)38-26-28-42-43-27-22-34-13-5-7-16-41(34)50(43)53-48(42)31-38/h1-31H. The lowest BCUT2D eigenvalue weighted by atomic mass is 9.98. The first kappa shape index (κ1) is 29.6. The van der Waals surface area contributed by atoms with E-state index in [2.05, 4.69) is 193 Å². The Morgan fingerprint density at radius 3 is 1.91 bits per heavy atom. The van der Waals surface area contributed by atoms with Gasteiger partial charge in [0.25, 0.3) is 0 Å². The molecule has 0 atom stereocenters. The summed E-state index contributed by atoms with van der Waals surface area (Å²) < 4.78 is 13.2. The molecule has 0 aliphatic heterocycles. The van der Waals surface area contributed by atoms with Gasteiger partial charge in [0.15, 0.2) is 0 Å². The van der Waals surface area contributed by atoms with Gasteiger partial charge in [-0.05, 0) is 93.0 Å². The van der Waals surface area contributed by atoms with Crippen molar-refractivity contribution in [1.29, 1.82) is 0 Å². The molecule has 0 amide bonds. The zero-order valence-corrected chi connectivity index (χ0v) is 28.7. The average Bonchev–Trinajstić information content (AvgIpc) is 3.80. The van der Waals surface area contributed by atoms with Crippen LogP contribution in [0.1, 0.15) is 0 Å². The molecule has 2 aromatic heterocycles. The second-order valence-corrected chi connectivity index (χ2v) is 13.7. The van der Waals surface area contributed by atoms with E-state index in [0.29, 0.717) is 0 Å². The minimum absolute atomic E-state index is 0.844. The van der Waals surface area contributed by atoms with Crippen LogP contribution in [0, 0.1) is 0 Å². The lowest BCUT2D eigenvalue weighted by Crippen LogP contribution is -2.10. The third kappa shape index (κ3) is 4.75. The van der Waals surface area contributed by atoms with Gasteiger partial charge in [-0.25, -0.2) is 0 Å². The molecule has 0 aliphatic rings. The minimum Gasteiger partial charge on any atom is -0.456 e. The fourth-order valence-corrected chi connectivity index (χ4v) is 8.13. The van der Waals surface area contributed by atoms with Gasteiger partial charge in [-0.1, -0.05) is 127 Å². The lowest BCUT2D eigenvalue weighted by molar-refractivity contribution is 0.669. The summed E-state index contributed by atoms with van der Waals surface area (Å²) in [5.74, 6) is 0. The van der Waals surface area contributed by atoms with E-state index in [4.69, 9.17) is 8.83 Å². The lowest BCUT2D eigenvalue weighted by Gasteiger charge is -2.26. The summed E-state index contributed by atoms with van der Waals surface area (Å²) in [6, 6.07) is 66.7. The van der Waals surface area contributed by atoms with Gasteiger partial charge < -0.3 is 13.7 Å². The summed E-state index contributed by atoms with van der Waals surface area (Å²) in [5.41, 5.74) is 11.2. The molecule has 0 unspecified atom stereocenters. The molecule has 0 saturated heterocycles. The molecule has 11 rings (SSSR count). The van der Waals surface area contributed by atoms with Crippen molar-refractivity contribution >= 4 is 82.5 Å². The van der Waals surface area contributed by atoms with Crippen molar-refractivity contribution in [3.05, 3.63) is 188 Å². The molecule has 53 heavy (non-hydrogen) atoms. The molecule has 0 aliphatic carbocycles. The van der Waals surface area contributed by atoms with Crippen LogP contribution in [0.2, 0.25) is 0 Å². The van der Waals surface area contributed by atoms with Crippen LogP contribution >= 0.6 is 0 Å². The summed E-state index contributed by atoms with van der Waals surface area (Å²) in [6.07, 6.45) is 0. The van der Waals surface area contributed by atoms with E-state index in [0.717, 1.165) is 71.9 Å². The van der Waals surface area contributed by atoms with Crippen LogP contribution in [-0.2, 0) is 0 Å². The molecule has 2 heterocycles. The monoisotopic (exact) mass is 677 g/mol. The molecule has 0 bridgehead atoms. The highest BCUT2D eigenvalue weighted by atomic mass is 16.3. The number of anilines is 3. The van der Waals surface area contributed by atoms with Gasteiger partial charge in [-0.3, -0.25) is 0 Å². The number of rotatable bonds is 5. The molecule has 11 aromatic rings. The number of hydrogen-bond acceptors (Lipinski definition) is 3. The Balaban J connectivity index is 1.14. The fourth-order valence-electron chi connectivity index (χ4n) is 8.13. The van der Waals surface area contributed by atoms with Crippen LogP contribution in [0.15, 0.2) is 197 Å². The van der Waals surface area contributed by atoms with Gasteiger partial charge >= 0.3 is 0 Å². The maximum atomic E-state index is 6.71. The van der Waals surface area contributed by atoms with Gasteiger partial charge in [0.2, 0.25) is 0 Å². The normalized spacial score (nSPS) is 11.8. The molecule has 0 N–H and O–H groups in total. The predicted molar refractivity (Wildman–Crippen MR) is 222 cm³/mol. The molecule has 248 valence electrons. The number of nitrogens with zero attached hydrogens (tertiary/aromatic N) is 1. The van der Waals surface area contributed by atoms with Gasteiger partial charge in [0.1, 0.15) is 22.3 Å². The third-order valence-electron chi connectivity index (χ3n) is 10.7. The molecule has 3 heteroatoms. The third-order valence-corrected chi connectivity index (χ3v) is 10.7. The van der Waals surface area contributed by atoms with Crippen molar-refractivity contribution in [1.82, 2.24) is 0 Å². The maximum absolute atomic E-state index is 6.71. The zero-order chi connectivity index (χ0) is 34.9. The van der Waals surface area contributed by atoms with Gasteiger partial charge in [-0.15, -0.1) is 0 Å². The minimum atomic E-state index is 0.844. The van der Waals surface area contributed by atoms with Crippen molar-refractivity contribution in [3.63, 3.8) is 0 Å². The molecule has 0 saturated carbocycles. The number of hydrogen-bond donors (Lipinski definition) is 0. The Morgan fingerprint density at radius 1 is 0.340 bits per heavy atom. The quantitative estimate of drug-likeness (QED) is 0.182. The first-order valence-corrected chi connectivity index (χ1v) is 18.0. The van der Waals surface area contributed by atoms with Crippen LogP contribution in [0.25, 0.3) is 87.7 Å². The maximum Gasteiger partial charge on any atom is 0.143 e. The Morgan fingerprint density at radius 2 is 1.04 bits per heavy atom. The Hall–Kier alpha value is -7.10. The van der Waals surface area contributed by atoms with Crippen molar-refractivity contribution < 1.29 is 8.83 Å². The van der Waals surface area contributed by atoms with E-state index in [9.17, 15) is 0 Å². The van der Waals surface area contributed by atoms with Crippen molar-refractivity contribution in [2.45, 2.75) is 0 Å². The summed E-state index contributed by atoms with van der Waals surface area (Å²) in [6.45, 7) is 0. The van der Waals surface area contributed by atoms with Gasteiger partial charge in [0, 0.05) is 39.0 Å². The Bertz CT molecular complexity index is 3160. The van der Waals surface area contributed by atoms with Crippen molar-refractivity contribution in [3.8, 4) is 22.3 Å². The largest absolute Gasteiger partial charge is 0.456 e. The van der Waals surface area contributed by atoms with Crippen LogP contribution in [0.5, 0.6) is 0 Å². The topological polar surface area (TPSA) is 29.5 Å². The Kier molecular flexibility index (Phi) is 6.55. The summed E-state index contributed by atoms with van der Waals surface area (Å²) in [5, 5.41) is 9.11. The zero-order valence-electron chi connectivity index (χ0n) is 28.7. The molecule has 3 nitrogen and oxygen atoms in total. The van der Waals surface area contributed by atoms with E-state index in [1.54, 1.807) is 0 Å². The van der Waals surface area contributed by atoms with Crippen LogP contribution in [0.3, 0.4) is 0 Å². The first-order valence-electron chi connectivity index (χ1n) is 18.0. The highest BCUT2D eigenvalue weighted by Crippen LogP contribution is 2.46. The van der Waals surface area contributed by atoms with Gasteiger partial charge in [0.05, 0.1) is 11.1 Å². The molecular weight excluding hydrogens is 647 g/mol. The van der Waals surface area contributed by atoms with Crippen molar-refractivity contribution in [2.24, 2.45) is 0 Å². The second-order valence-electron chi connectivity index (χ2n) is 13.7. The highest BCUT2D eigenvalue weighted by Gasteiger charge is 2.21. The summed E-state index contributed by atoms with van der Waals surface area (Å²) in [7, 11) is 0. The fraction of sp³-hybridized carbons (Fsp3) is 0. The van der Waals surface area contributed by atoms with E-state index in [1.165, 1.54) is 32.8 Å². The van der Waals surface area contributed by atoms with E-state index in [-0.39, 0.29) is 0 Å².